The maximum absolute atomic E-state index is 12.6. The normalized spacial score (nSPS) is 22.2. The largest absolute Gasteiger partial charge is 0.485 e. The van der Waals surface area contributed by atoms with Crippen molar-refractivity contribution in [3.63, 3.8) is 0 Å². The third-order valence-electron chi connectivity index (χ3n) is 4.08. The Bertz CT molecular complexity index is 725. The second kappa shape index (κ2) is 6.35. The molecule has 1 saturated heterocycles. The lowest BCUT2D eigenvalue weighted by Crippen LogP contribution is -2.46. The second-order valence-corrected chi connectivity index (χ2v) is 5.74. The summed E-state index contributed by atoms with van der Waals surface area (Å²) >= 11 is 0. The predicted molar refractivity (Wildman–Crippen MR) is 84.0 cm³/mol. The third-order valence-corrected chi connectivity index (χ3v) is 4.08. The van der Waals surface area contributed by atoms with Gasteiger partial charge < -0.3 is 19.1 Å². The summed E-state index contributed by atoms with van der Waals surface area (Å²) < 4.78 is 17.2. The van der Waals surface area contributed by atoms with Gasteiger partial charge in [0, 0.05) is 25.2 Å². The minimum atomic E-state index is -0.616. The number of likely N-dealkylation sites (tertiary alicyclic amines) is 1. The van der Waals surface area contributed by atoms with Gasteiger partial charge in [0.05, 0.1) is 6.54 Å². The fourth-order valence-electron chi connectivity index (χ4n) is 2.89. The molecule has 0 N–H and O–H groups in total. The van der Waals surface area contributed by atoms with E-state index >= 15 is 0 Å². The van der Waals surface area contributed by atoms with Crippen LogP contribution in [0.5, 0.6) is 17.4 Å². The van der Waals surface area contributed by atoms with Gasteiger partial charge in [-0.15, -0.1) is 5.10 Å². The lowest BCUT2D eigenvalue weighted by atomic mass is 10.2. The smallest absolute Gasteiger partial charge is 0.267 e. The van der Waals surface area contributed by atoms with Gasteiger partial charge in [0.25, 0.3) is 5.91 Å². The number of benzene rings is 1. The third kappa shape index (κ3) is 2.97. The van der Waals surface area contributed by atoms with Crippen molar-refractivity contribution in [2.45, 2.75) is 18.6 Å². The molecular formula is C17H17N3O4. The summed E-state index contributed by atoms with van der Waals surface area (Å²) in [4.78, 5) is 14.4. The van der Waals surface area contributed by atoms with Crippen LogP contribution in [0.15, 0.2) is 42.6 Å². The van der Waals surface area contributed by atoms with Crippen LogP contribution in [0.2, 0.25) is 0 Å². The van der Waals surface area contributed by atoms with Crippen LogP contribution in [0.3, 0.4) is 0 Å². The highest BCUT2D eigenvalue weighted by atomic mass is 16.6. The molecule has 2 aromatic rings. The fraction of sp³-hybridized carbons (Fsp3) is 0.353. The van der Waals surface area contributed by atoms with Gasteiger partial charge in [-0.2, -0.15) is 5.10 Å². The zero-order valence-electron chi connectivity index (χ0n) is 13.0. The Morgan fingerprint density at radius 3 is 2.92 bits per heavy atom. The fourth-order valence-corrected chi connectivity index (χ4v) is 2.89. The minimum absolute atomic E-state index is 0.0743. The van der Waals surface area contributed by atoms with Gasteiger partial charge in [0.2, 0.25) is 12.0 Å². The van der Waals surface area contributed by atoms with E-state index in [4.69, 9.17) is 14.2 Å². The van der Waals surface area contributed by atoms with E-state index in [1.165, 1.54) is 0 Å². The first kappa shape index (κ1) is 14.7. The van der Waals surface area contributed by atoms with E-state index in [2.05, 4.69) is 10.2 Å². The number of nitrogens with zero attached hydrogens (tertiary/aromatic N) is 3. The highest BCUT2D eigenvalue weighted by molar-refractivity contribution is 5.82. The number of hydrogen-bond acceptors (Lipinski definition) is 6. The van der Waals surface area contributed by atoms with Crippen LogP contribution < -0.4 is 14.2 Å². The molecule has 1 aromatic heterocycles. The van der Waals surface area contributed by atoms with Crippen molar-refractivity contribution in [2.75, 3.05) is 19.7 Å². The number of carbonyl (C=O) groups excluding carboxylic acids is 1. The van der Waals surface area contributed by atoms with Crippen LogP contribution in [0.25, 0.3) is 0 Å². The average molecular weight is 327 g/mol. The van der Waals surface area contributed by atoms with Crippen molar-refractivity contribution in [1.29, 1.82) is 0 Å². The van der Waals surface area contributed by atoms with Crippen molar-refractivity contribution < 1.29 is 19.0 Å². The summed E-state index contributed by atoms with van der Waals surface area (Å²) in [6.07, 6.45) is 1.65. The molecule has 0 bridgehead atoms. The summed E-state index contributed by atoms with van der Waals surface area (Å²) in [7, 11) is 0. The van der Waals surface area contributed by atoms with Crippen LogP contribution in [0.4, 0.5) is 0 Å². The van der Waals surface area contributed by atoms with E-state index in [0.29, 0.717) is 30.5 Å². The lowest BCUT2D eigenvalue weighted by Gasteiger charge is -2.28. The van der Waals surface area contributed by atoms with Crippen molar-refractivity contribution in [1.82, 2.24) is 15.1 Å². The van der Waals surface area contributed by atoms with Gasteiger partial charge in [-0.25, -0.2) is 0 Å². The van der Waals surface area contributed by atoms with Crippen LogP contribution in [-0.2, 0) is 4.79 Å². The molecule has 2 aliphatic heterocycles. The van der Waals surface area contributed by atoms with Crippen LogP contribution in [0.1, 0.15) is 6.42 Å². The summed E-state index contributed by atoms with van der Waals surface area (Å²) in [6, 6.07) is 10.9. The summed E-state index contributed by atoms with van der Waals surface area (Å²) in [6.45, 7) is 1.37. The molecule has 0 aliphatic carbocycles. The number of carbonyl (C=O) groups is 1. The van der Waals surface area contributed by atoms with E-state index in [1.807, 2.05) is 18.2 Å². The first-order valence-electron chi connectivity index (χ1n) is 7.91. The van der Waals surface area contributed by atoms with Gasteiger partial charge in [0.15, 0.2) is 11.5 Å². The number of amides is 1. The van der Waals surface area contributed by atoms with Gasteiger partial charge in [-0.1, -0.05) is 12.1 Å². The zero-order valence-corrected chi connectivity index (χ0v) is 13.0. The molecular weight excluding hydrogens is 310 g/mol. The first-order valence-corrected chi connectivity index (χ1v) is 7.91. The summed E-state index contributed by atoms with van der Waals surface area (Å²) in [5, 5.41) is 7.69. The average Bonchev–Trinajstić information content (AvgIpc) is 3.10. The molecule has 2 aliphatic rings. The maximum atomic E-state index is 12.6. The molecule has 0 saturated carbocycles. The van der Waals surface area contributed by atoms with E-state index in [-0.39, 0.29) is 18.6 Å². The number of fused-ring (bicyclic) bond motifs is 1. The van der Waals surface area contributed by atoms with Gasteiger partial charge in [-0.05, 0) is 18.2 Å². The second-order valence-electron chi connectivity index (χ2n) is 5.74. The maximum Gasteiger partial charge on any atom is 0.267 e. The molecule has 0 radical (unpaired) electrons. The molecule has 124 valence electrons. The topological polar surface area (TPSA) is 73.8 Å². The van der Waals surface area contributed by atoms with Crippen LogP contribution >= 0.6 is 0 Å². The Kier molecular flexibility index (Phi) is 3.90. The number of aromatic nitrogens is 2. The number of rotatable bonds is 3. The lowest BCUT2D eigenvalue weighted by molar-refractivity contribution is -0.140. The Hall–Kier alpha value is -2.83. The minimum Gasteiger partial charge on any atom is -0.485 e. The monoisotopic (exact) mass is 327 g/mol. The van der Waals surface area contributed by atoms with E-state index in [9.17, 15) is 4.79 Å². The summed E-state index contributed by atoms with van der Waals surface area (Å²) in [5.41, 5.74) is 0. The van der Waals surface area contributed by atoms with Crippen LogP contribution in [-0.4, -0.2) is 52.9 Å². The molecule has 7 nitrogen and oxygen atoms in total. The zero-order chi connectivity index (χ0) is 16.4. The van der Waals surface area contributed by atoms with Gasteiger partial charge in [0.1, 0.15) is 12.7 Å². The van der Waals surface area contributed by atoms with E-state index in [0.717, 1.165) is 6.42 Å². The first-order chi connectivity index (χ1) is 11.8. The molecule has 2 atom stereocenters. The van der Waals surface area contributed by atoms with Crippen molar-refractivity contribution in [2.24, 2.45) is 0 Å². The van der Waals surface area contributed by atoms with Gasteiger partial charge >= 0.3 is 0 Å². The molecule has 4 rings (SSSR count). The molecule has 3 heterocycles. The van der Waals surface area contributed by atoms with Crippen molar-refractivity contribution in [3.8, 4) is 17.4 Å². The van der Waals surface area contributed by atoms with Gasteiger partial charge in [-0.3, -0.25) is 4.79 Å². The molecule has 0 unspecified atom stereocenters. The Balaban J connectivity index is 1.36. The summed E-state index contributed by atoms with van der Waals surface area (Å²) in [5.74, 6) is 1.68. The Labute approximate surface area is 139 Å². The van der Waals surface area contributed by atoms with Crippen LogP contribution in [0, 0.1) is 0 Å². The quantitative estimate of drug-likeness (QED) is 0.846. The van der Waals surface area contributed by atoms with E-state index in [1.54, 1.807) is 29.3 Å². The predicted octanol–water partition coefficient (Wildman–Crippen LogP) is 1.30. The Morgan fingerprint density at radius 2 is 2.08 bits per heavy atom. The SMILES string of the molecule is O=C([C@@H]1COc2ccccc2O1)N1CC[C@@H](Oc2cccnn2)C1. The number of hydrogen-bond donors (Lipinski definition) is 0. The highest BCUT2D eigenvalue weighted by Crippen LogP contribution is 2.31. The number of para-hydroxylation sites is 2. The number of ether oxygens (including phenoxy) is 3. The molecule has 1 aromatic carbocycles. The molecule has 1 fully saturated rings. The highest BCUT2D eigenvalue weighted by Gasteiger charge is 2.35. The van der Waals surface area contributed by atoms with Crippen molar-refractivity contribution >= 4 is 5.91 Å². The van der Waals surface area contributed by atoms with Crippen molar-refractivity contribution in [3.05, 3.63) is 42.6 Å². The Morgan fingerprint density at radius 1 is 1.21 bits per heavy atom. The molecule has 1 amide bonds. The molecule has 7 heteroatoms. The molecule has 24 heavy (non-hydrogen) atoms. The van der Waals surface area contributed by atoms with E-state index < -0.39 is 6.10 Å². The molecule has 0 spiro atoms. The standard InChI is InChI=1S/C17H17N3O4/c21-17(15-11-22-13-4-1-2-5-14(13)24-15)20-9-7-12(10-20)23-16-6-3-8-18-19-16/h1-6,8,12,15H,7,9-11H2/t12-,15+/m1/s1.